The van der Waals surface area contributed by atoms with Crippen molar-refractivity contribution >= 4 is 23.3 Å². The minimum atomic E-state index is -0.0989. The van der Waals surface area contributed by atoms with Crippen LogP contribution in [0.1, 0.15) is 19.3 Å². The van der Waals surface area contributed by atoms with Crippen LogP contribution in [-0.2, 0) is 4.79 Å². The third-order valence-corrected chi connectivity index (χ3v) is 3.47. The number of benzene rings is 1. The normalized spacial score (nSPS) is 14.8. The second-order valence-corrected chi connectivity index (χ2v) is 5.34. The summed E-state index contributed by atoms with van der Waals surface area (Å²) in [7, 11) is 0. The molecule has 1 aromatic rings. The molecule has 114 valence electrons. The zero-order valence-electron chi connectivity index (χ0n) is 11.5. The second-order valence-electron chi connectivity index (χ2n) is 4.90. The quantitative estimate of drug-likeness (QED) is 0.348. The lowest BCUT2D eigenvalue weighted by atomic mass is 10.3. The van der Waals surface area contributed by atoms with Crippen molar-refractivity contribution in [2.24, 2.45) is 10.9 Å². The number of hydrogen-bond donors (Lipinski definition) is 2. The van der Waals surface area contributed by atoms with Crippen molar-refractivity contribution in [1.82, 2.24) is 4.90 Å². The first kappa shape index (κ1) is 15.4. The van der Waals surface area contributed by atoms with Gasteiger partial charge in [-0.25, -0.2) is 0 Å². The average Bonchev–Trinajstić information content (AvgIpc) is 3.31. The van der Waals surface area contributed by atoms with Crippen molar-refractivity contribution in [2.75, 3.05) is 13.2 Å². The van der Waals surface area contributed by atoms with E-state index in [4.69, 9.17) is 27.3 Å². The van der Waals surface area contributed by atoms with Crippen LogP contribution in [0.2, 0.25) is 5.02 Å². The number of carbonyl (C=O) groups excluding carboxylic acids is 1. The predicted octanol–water partition coefficient (Wildman–Crippen LogP) is 1.85. The molecule has 1 saturated carbocycles. The van der Waals surface area contributed by atoms with Gasteiger partial charge in [0.05, 0.1) is 0 Å². The van der Waals surface area contributed by atoms with E-state index in [1.54, 1.807) is 29.2 Å². The van der Waals surface area contributed by atoms with Crippen LogP contribution in [0.4, 0.5) is 0 Å². The Morgan fingerprint density at radius 1 is 1.43 bits per heavy atom. The molecule has 1 aliphatic rings. The number of nitrogens with two attached hydrogens (primary N) is 1. The number of carbonyl (C=O) groups is 1. The Bertz CT molecular complexity index is 515. The van der Waals surface area contributed by atoms with Crippen LogP contribution in [0.5, 0.6) is 5.75 Å². The van der Waals surface area contributed by atoms with Gasteiger partial charge < -0.3 is 20.6 Å². The van der Waals surface area contributed by atoms with Crippen molar-refractivity contribution in [2.45, 2.75) is 25.3 Å². The van der Waals surface area contributed by atoms with Crippen LogP contribution in [0.25, 0.3) is 0 Å². The van der Waals surface area contributed by atoms with E-state index in [1.807, 2.05) is 0 Å². The highest BCUT2D eigenvalue weighted by Gasteiger charge is 2.32. The van der Waals surface area contributed by atoms with Crippen molar-refractivity contribution in [3.63, 3.8) is 0 Å². The molecule has 0 bridgehead atoms. The molecule has 6 nitrogen and oxygen atoms in total. The second kappa shape index (κ2) is 7.17. The van der Waals surface area contributed by atoms with E-state index in [0.29, 0.717) is 23.7 Å². The van der Waals surface area contributed by atoms with Gasteiger partial charge in [-0.05, 0) is 37.1 Å². The van der Waals surface area contributed by atoms with Gasteiger partial charge in [-0.1, -0.05) is 16.8 Å². The zero-order valence-corrected chi connectivity index (χ0v) is 12.3. The molecule has 1 aromatic carbocycles. The van der Waals surface area contributed by atoms with Gasteiger partial charge in [-0.2, -0.15) is 0 Å². The van der Waals surface area contributed by atoms with Crippen molar-refractivity contribution in [1.29, 1.82) is 0 Å². The minimum absolute atomic E-state index is 0.0334. The van der Waals surface area contributed by atoms with E-state index in [2.05, 4.69) is 5.16 Å². The molecule has 1 aliphatic carbocycles. The van der Waals surface area contributed by atoms with Crippen LogP contribution in [0, 0.1) is 0 Å². The molecule has 1 amide bonds. The van der Waals surface area contributed by atoms with Gasteiger partial charge in [0, 0.05) is 24.0 Å². The molecule has 0 aliphatic heterocycles. The smallest absolute Gasteiger partial charge is 0.260 e. The molecule has 7 heteroatoms. The number of amidine groups is 1. The Hall–Kier alpha value is -1.95. The van der Waals surface area contributed by atoms with Gasteiger partial charge >= 0.3 is 0 Å². The summed E-state index contributed by atoms with van der Waals surface area (Å²) >= 11 is 5.79. The van der Waals surface area contributed by atoms with E-state index >= 15 is 0 Å². The first-order valence-electron chi connectivity index (χ1n) is 6.74. The monoisotopic (exact) mass is 311 g/mol. The molecule has 0 radical (unpaired) electrons. The molecule has 0 unspecified atom stereocenters. The molecule has 3 N–H and O–H groups in total. The van der Waals surface area contributed by atoms with Crippen LogP contribution in [0.15, 0.2) is 29.4 Å². The van der Waals surface area contributed by atoms with Crippen LogP contribution in [0.3, 0.4) is 0 Å². The summed E-state index contributed by atoms with van der Waals surface area (Å²) in [5.74, 6) is 0.616. The Balaban J connectivity index is 1.85. The molecule has 0 aromatic heterocycles. The van der Waals surface area contributed by atoms with E-state index in [-0.39, 0.29) is 24.4 Å². The largest absolute Gasteiger partial charge is 0.484 e. The molecule has 0 saturated heterocycles. The maximum absolute atomic E-state index is 12.2. The summed E-state index contributed by atoms with van der Waals surface area (Å²) in [6.07, 6.45) is 2.32. The SMILES string of the molecule is NC(CCN(C(=O)COc1ccc(Cl)cc1)C1CC1)=NO. The summed E-state index contributed by atoms with van der Waals surface area (Å²) < 4.78 is 5.45. The van der Waals surface area contributed by atoms with E-state index in [0.717, 1.165) is 12.8 Å². The molecular weight excluding hydrogens is 294 g/mol. The lowest BCUT2D eigenvalue weighted by Gasteiger charge is -2.22. The first-order valence-corrected chi connectivity index (χ1v) is 7.12. The summed E-state index contributed by atoms with van der Waals surface area (Å²) in [5.41, 5.74) is 5.44. The van der Waals surface area contributed by atoms with E-state index in [9.17, 15) is 4.79 Å². The number of halogens is 1. The number of rotatable bonds is 7. The molecule has 1 fully saturated rings. The molecule has 2 rings (SSSR count). The standard InChI is InChI=1S/C14H18ClN3O3/c15-10-1-5-12(6-2-10)21-9-14(19)18(11-3-4-11)8-7-13(16)17-20/h1-2,5-6,11,20H,3-4,7-9H2,(H2,16,17). The number of ether oxygens (including phenoxy) is 1. The van der Waals surface area contributed by atoms with E-state index < -0.39 is 0 Å². The zero-order chi connectivity index (χ0) is 15.2. The molecule has 0 spiro atoms. The highest BCUT2D eigenvalue weighted by Crippen LogP contribution is 2.27. The Morgan fingerprint density at radius 2 is 2.10 bits per heavy atom. The first-order chi connectivity index (χ1) is 10.1. The highest BCUT2D eigenvalue weighted by atomic mass is 35.5. The fraction of sp³-hybridized carbons (Fsp3) is 0.429. The number of amides is 1. The van der Waals surface area contributed by atoms with Crippen molar-refractivity contribution < 1.29 is 14.7 Å². The van der Waals surface area contributed by atoms with Crippen molar-refractivity contribution in [3.05, 3.63) is 29.3 Å². The predicted molar refractivity (Wildman–Crippen MR) is 79.7 cm³/mol. The molecule has 0 atom stereocenters. The average molecular weight is 312 g/mol. The molecule has 21 heavy (non-hydrogen) atoms. The summed E-state index contributed by atoms with van der Waals surface area (Å²) in [4.78, 5) is 13.9. The number of nitrogens with zero attached hydrogens (tertiary/aromatic N) is 2. The lowest BCUT2D eigenvalue weighted by molar-refractivity contribution is -0.133. The Kier molecular flexibility index (Phi) is 5.27. The number of oxime groups is 1. The fourth-order valence-electron chi connectivity index (χ4n) is 1.94. The van der Waals surface area contributed by atoms with Crippen LogP contribution < -0.4 is 10.5 Å². The third kappa shape index (κ3) is 4.82. The van der Waals surface area contributed by atoms with Gasteiger partial charge in [-0.3, -0.25) is 4.79 Å². The van der Waals surface area contributed by atoms with Crippen molar-refractivity contribution in [3.8, 4) is 5.75 Å². The van der Waals surface area contributed by atoms with Gasteiger partial charge in [-0.15, -0.1) is 0 Å². The van der Waals surface area contributed by atoms with Gasteiger partial charge in [0.2, 0.25) is 0 Å². The summed E-state index contributed by atoms with van der Waals surface area (Å²) in [5, 5.41) is 12.1. The topological polar surface area (TPSA) is 88.2 Å². The lowest BCUT2D eigenvalue weighted by Crippen LogP contribution is -2.38. The Morgan fingerprint density at radius 3 is 2.67 bits per heavy atom. The van der Waals surface area contributed by atoms with E-state index in [1.165, 1.54) is 0 Å². The minimum Gasteiger partial charge on any atom is -0.484 e. The van der Waals surface area contributed by atoms with Crippen LogP contribution >= 0.6 is 11.6 Å². The third-order valence-electron chi connectivity index (χ3n) is 3.22. The van der Waals surface area contributed by atoms with Gasteiger partial charge in [0.25, 0.3) is 5.91 Å². The number of hydrogen-bond acceptors (Lipinski definition) is 4. The summed E-state index contributed by atoms with van der Waals surface area (Å²) in [6.45, 7) is 0.400. The van der Waals surface area contributed by atoms with Gasteiger partial charge in [0.15, 0.2) is 6.61 Å². The maximum Gasteiger partial charge on any atom is 0.260 e. The Labute approximate surface area is 128 Å². The fourth-order valence-corrected chi connectivity index (χ4v) is 2.07. The molecular formula is C14H18ClN3O3. The highest BCUT2D eigenvalue weighted by molar-refractivity contribution is 6.30. The molecule has 0 heterocycles. The van der Waals surface area contributed by atoms with Crippen LogP contribution in [-0.4, -0.2) is 41.0 Å². The van der Waals surface area contributed by atoms with Gasteiger partial charge in [0.1, 0.15) is 11.6 Å². The maximum atomic E-state index is 12.2. The summed E-state index contributed by atoms with van der Waals surface area (Å²) in [6, 6.07) is 7.09.